The first-order valence-corrected chi connectivity index (χ1v) is 60.6. The maximum Gasteiger partial charge on any atom is 0.0618 e. The number of nitrogens with two attached hydrogens (primary N) is 2. The fraction of sp³-hybridized carbons (Fsp3) is 0.880. The van der Waals surface area contributed by atoms with Gasteiger partial charge in [0.05, 0.1) is 19.3 Å². The Kier molecular flexibility index (Phi) is 28.1. The van der Waals surface area contributed by atoms with E-state index in [1.54, 1.807) is 0 Å². The van der Waals surface area contributed by atoms with Crippen LogP contribution in [-0.4, -0.2) is 48.2 Å². The first kappa shape index (κ1) is 108. The van der Waals surface area contributed by atoms with Gasteiger partial charge in [-0.1, -0.05) is 247 Å². The predicted octanol–water partition coefficient (Wildman–Crippen LogP) is 33.8. The molecule has 20 rings (SSSR count). The summed E-state index contributed by atoms with van der Waals surface area (Å²) in [5.41, 5.74) is 30.1. The monoisotopic (exact) mass is 1920 g/mol. The molecule has 0 saturated heterocycles. The third kappa shape index (κ3) is 14.4. The molecular formula is C133H222N4O3. The zero-order chi connectivity index (χ0) is 102. The van der Waals surface area contributed by atoms with Crippen molar-refractivity contribution >= 4 is 0 Å². The maximum atomic E-state index is 11.0. The minimum atomic E-state index is -0.382. The van der Waals surface area contributed by atoms with Crippen LogP contribution in [0.5, 0.6) is 0 Å². The van der Waals surface area contributed by atoms with E-state index in [9.17, 15) is 15.3 Å². The summed E-state index contributed by atoms with van der Waals surface area (Å²) >= 11 is 0. The molecule has 792 valence electrons. The van der Waals surface area contributed by atoms with Crippen molar-refractivity contribution in [3.63, 3.8) is 0 Å². The topological polar surface area (TPSA) is 137 Å². The first-order chi connectivity index (χ1) is 65.3. The summed E-state index contributed by atoms with van der Waals surface area (Å²) in [4.78, 5) is 0. The summed E-state index contributed by atoms with van der Waals surface area (Å²) in [6, 6.07) is 0. The molecule has 20 fully saturated rings. The maximum absolute atomic E-state index is 11.0. The number of hydrogen-bond acceptors (Lipinski definition) is 7. The molecule has 0 amide bonds. The average Bonchev–Trinajstić information content (AvgIpc) is 1.17. The van der Waals surface area contributed by atoms with Gasteiger partial charge in [0.1, 0.15) is 0 Å². The van der Waals surface area contributed by atoms with Crippen molar-refractivity contribution in [2.24, 2.45) is 256 Å². The summed E-state index contributed by atoms with van der Waals surface area (Å²) in [6.45, 7) is 104. The Balaban J connectivity index is 0.000000129. The molecule has 0 aliphatic heterocycles. The highest BCUT2D eigenvalue weighted by Crippen LogP contribution is 2.86. The third-order valence-corrected chi connectivity index (χ3v) is 58.8. The van der Waals surface area contributed by atoms with Gasteiger partial charge in [-0.15, -0.1) is 0 Å². The van der Waals surface area contributed by atoms with Crippen molar-refractivity contribution in [3.8, 4) is 0 Å². The lowest BCUT2D eigenvalue weighted by atomic mass is 9.31. The quantitative estimate of drug-likeness (QED) is 0.0765. The molecule has 0 aromatic rings. The molecule has 9 N–H and O–H groups in total. The normalized spacial score (nSPS) is 55.2. The minimum absolute atomic E-state index is 0.0985. The van der Waals surface area contributed by atoms with E-state index < -0.39 is 0 Å². The van der Waals surface area contributed by atoms with Crippen molar-refractivity contribution in [1.82, 2.24) is 10.6 Å². The number of rotatable bonds is 16. The molecule has 140 heavy (non-hydrogen) atoms. The summed E-state index contributed by atoms with van der Waals surface area (Å²) in [5.74, 6) is 17.1. The van der Waals surface area contributed by atoms with Gasteiger partial charge in [-0.25, -0.2) is 0 Å². The Bertz CT molecular complexity index is 4580. The Hall–Kier alpha value is -3.00. The number of fused-ring (bicyclic) bond motifs is 28. The van der Waals surface area contributed by atoms with Crippen molar-refractivity contribution in [2.75, 3.05) is 26.8 Å². The van der Waals surface area contributed by atoms with Crippen LogP contribution in [0.1, 0.15) is 456 Å². The molecule has 0 aromatic carbocycles. The van der Waals surface area contributed by atoms with Gasteiger partial charge in [0, 0.05) is 63.5 Å². The molecule has 20 saturated carbocycles. The Labute approximate surface area is 862 Å². The second-order valence-corrected chi connectivity index (χ2v) is 60.9. The summed E-state index contributed by atoms with van der Waals surface area (Å²) < 4.78 is 0. The molecule has 7 nitrogen and oxygen atoms in total. The van der Waals surface area contributed by atoms with E-state index in [1.807, 2.05) is 0 Å². The fourth-order valence-electron chi connectivity index (χ4n) is 49.1. The van der Waals surface area contributed by atoms with Crippen molar-refractivity contribution in [3.05, 3.63) is 97.7 Å². The van der Waals surface area contributed by atoms with E-state index >= 15 is 0 Å². The molecule has 7 heteroatoms. The molecular weight excluding hydrogens is 1700 g/mol. The first-order valence-electron chi connectivity index (χ1n) is 60.6. The molecule has 20 aliphatic rings. The van der Waals surface area contributed by atoms with Crippen LogP contribution in [0.25, 0.3) is 0 Å². The Morgan fingerprint density at radius 2 is 0.536 bits per heavy atom. The van der Waals surface area contributed by atoms with Crippen LogP contribution in [0.3, 0.4) is 0 Å². The van der Waals surface area contributed by atoms with Crippen LogP contribution in [0.15, 0.2) is 97.7 Å². The summed E-state index contributed by atoms with van der Waals surface area (Å²) in [5, 5.41) is 38.1. The Morgan fingerprint density at radius 1 is 0.286 bits per heavy atom. The standard InChI is InChI=1S/C35H59NO.C34H57N.C33H55N.C31H51NO2/c1-10-31(6)24(4)13-16-32(7)28(31)15-17-34(9)29(32)12-11-27-30-26(23(2)3)14-18-35(30,20-19-33(27,34)8)25(5)36-21-22-37;1-11-30(6)23(4)14-17-31(7)27(30)16-18-33(9)28(31)13-12-26-29-25(22(2)3)15-19-34(29,24(5)35-10)21-20-32(26,33)8;1-10-29(6)22(4)13-16-30(7)26(29)15-17-32(9)27(30)12-11-25-28-24(21(2)3)14-18-33(28,23(5)34)20-19-31(25,32)8;1-19(2)21-10-15-31(20(3)32)17-16-29(6)22(26(21)31)8-9-24-27(4)13-12-25(34)28(5,18-33)23(27)11-14-30(24,29)7/h24,26-30,36-37H,2,5,10-22H2,1,3-4,6-9H3;23,25-29,35H,2,5,11-21H2,1,3-4,6-10H3;22,24-28H,2,5,10-20,34H2,1,3-4,6-9H3;21-26,33-34H,1,3,8-18,32H2,2,4-7H3/t24-,26-,27?,28-,29+,30+,31+,32-,33+,34+,35+;23-,25-,26?,27-,28+,29+,30+,31-,32+,33+,34+;22-,24?,25?,26-,27+,28+,29+,30-,31+,32+,33+;21-,22?,23+,24+,25-,26+,27-,28-,29+,30+,31+/m0000/s1. The molecule has 44 atom stereocenters. The van der Waals surface area contributed by atoms with Crippen molar-refractivity contribution in [1.29, 1.82) is 0 Å². The van der Waals surface area contributed by atoms with E-state index in [2.05, 4.69) is 250 Å². The van der Waals surface area contributed by atoms with Gasteiger partial charge < -0.3 is 37.4 Å². The minimum Gasteiger partial charge on any atom is -0.402 e. The van der Waals surface area contributed by atoms with Gasteiger partial charge in [-0.05, 0) is 502 Å². The second kappa shape index (κ2) is 36.4. The highest BCUT2D eigenvalue weighted by Gasteiger charge is 2.78. The van der Waals surface area contributed by atoms with E-state index in [1.165, 1.54) is 291 Å². The van der Waals surface area contributed by atoms with Crippen LogP contribution >= 0.6 is 0 Å². The number of nitrogens with one attached hydrogen (secondary N) is 2. The van der Waals surface area contributed by atoms with E-state index in [-0.39, 0.29) is 62.6 Å². The van der Waals surface area contributed by atoms with Crippen LogP contribution in [0, 0.1) is 244 Å². The highest BCUT2D eigenvalue weighted by atomic mass is 16.3. The lowest BCUT2D eigenvalue weighted by Crippen LogP contribution is -2.67. The van der Waals surface area contributed by atoms with Gasteiger partial charge in [-0.3, -0.25) is 0 Å². The number of aliphatic hydroxyl groups is 3. The van der Waals surface area contributed by atoms with Gasteiger partial charge in [0.15, 0.2) is 0 Å². The smallest absolute Gasteiger partial charge is 0.0618 e. The van der Waals surface area contributed by atoms with Crippen molar-refractivity contribution in [2.45, 2.75) is 462 Å². The third-order valence-electron chi connectivity index (χ3n) is 58.8. The lowest BCUT2D eigenvalue weighted by Gasteiger charge is -2.73. The number of aliphatic hydroxyl groups excluding tert-OH is 3. The second-order valence-electron chi connectivity index (χ2n) is 60.9. The molecule has 0 radical (unpaired) electrons. The van der Waals surface area contributed by atoms with Gasteiger partial charge in [0.25, 0.3) is 0 Å². The molecule has 5 unspecified atom stereocenters. The SMILES string of the molecule is C=C(C)C1CC[C@]2(C(=C)N)CC[C@]3(C)C(CC[C@@H]4[C@@]5(C)CC[C@H](C)[C@@](C)(CC)[C@@H]5CC[C@]43C)[C@@H]12.C=C(C)[C@@H]1CC[C@]2(C(=C)N)CC[C@]3(C)C(CC[C@@H]4[C@@]5(C)CC[C@H](O)[C@@](C)(CO)[C@@H]5CC[C@]43C)[C@@H]12.C=C(C)[C@@H]1CC[C@]2(C(=C)NC)CC[C@]3(C)C(CC[C@@H]4[C@@]5(C)CC[C@H](C)[C@@](C)(CC)[C@@H]5CC[C@]43C)[C@@H]12.C=C(C)[C@@H]1CC[C@]2(C(=C)NCCO)CC[C@]3(C)C(CC[C@@H]4[C@@]5(C)CC[C@H](C)[C@@](C)(CC)[C@@H]5CC[C@]43C)[C@@H]12. The average molecular weight is 1930 g/mol. The molecule has 0 spiro atoms. The highest BCUT2D eigenvalue weighted by molar-refractivity contribution is 5.34. The summed E-state index contributed by atoms with van der Waals surface area (Å²) in [7, 11) is 2.12. The van der Waals surface area contributed by atoms with Crippen molar-refractivity contribution < 1.29 is 15.3 Å². The Morgan fingerprint density at radius 3 is 0.786 bits per heavy atom. The molecule has 0 bridgehead atoms. The largest absolute Gasteiger partial charge is 0.402 e. The predicted molar refractivity (Wildman–Crippen MR) is 594 cm³/mol. The van der Waals surface area contributed by atoms with Crippen LogP contribution in [0.2, 0.25) is 0 Å². The number of hydrogen-bond donors (Lipinski definition) is 7. The van der Waals surface area contributed by atoms with E-state index in [0.29, 0.717) is 131 Å². The van der Waals surface area contributed by atoms with Gasteiger partial charge in [-0.2, -0.15) is 0 Å². The lowest BCUT2D eigenvalue weighted by molar-refractivity contribution is -0.252. The van der Waals surface area contributed by atoms with Gasteiger partial charge in [0.2, 0.25) is 0 Å². The van der Waals surface area contributed by atoms with E-state index in [0.717, 1.165) is 108 Å². The zero-order valence-corrected chi connectivity index (χ0v) is 96.5. The van der Waals surface area contributed by atoms with E-state index in [4.69, 9.17) is 11.5 Å². The fourth-order valence-corrected chi connectivity index (χ4v) is 49.1. The van der Waals surface area contributed by atoms with Crippen LogP contribution in [-0.2, 0) is 0 Å². The summed E-state index contributed by atoms with van der Waals surface area (Å²) in [6.07, 6.45) is 56.8. The van der Waals surface area contributed by atoms with Gasteiger partial charge >= 0.3 is 0 Å². The van der Waals surface area contributed by atoms with Crippen LogP contribution < -0.4 is 22.1 Å². The molecule has 0 heterocycles. The molecule has 20 aliphatic carbocycles. The molecule has 0 aromatic heterocycles. The van der Waals surface area contributed by atoms with Crippen LogP contribution in [0.4, 0.5) is 0 Å². The zero-order valence-electron chi connectivity index (χ0n) is 96.5. The number of allylic oxidation sites excluding steroid dienone is 8.